The lowest BCUT2D eigenvalue weighted by molar-refractivity contribution is 0.589. The average Bonchev–Trinajstić information content (AvgIpc) is 2.10. The van der Waals surface area contributed by atoms with E-state index in [1.807, 2.05) is 6.07 Å². The Labute approximate surface area is 114 Å². The number of hydrogen-bond acceptors (Lipinski definition) is 0. The molecule has 0 radical (unpaired) electrons. The average molecular weight is 330 g/mol. The fraction of sp³-hybridized carbons (Fsp3) is 0.455. The van der Waals surface area contributed by atoms with Crippen LogP contribution < -0.4 is 0 Å². The van der Waals surface area contributed by atoms with Gasteiger partial charge in [-0.25, -0.2) is 0 Å². The van der Waals surface area contributed by atoms with Crippen LogP contribution in [0.4, 0.5) is 0 Å². The number of alkyl halides is 1. The molecular weight excluding hydrogens is 318 g/mol. The van der Waals surface area contributed by atoms with Crippen molar-refractivity contribution < 1.29 is 0 Å². The molecule has 0 N–H and O–H groups in total. The SMILES string of the molecule is CC(C)(C)c1cc(Br)c(Cl)c(CCl)c1Cl. The van der Waals surface area contributed by atoms with E-state index in [-0.39, 0.29) is 5.41 Å². The highest BCUT2D eigenvalue weighted by Crippen LogP contribution is 2.40. The van der Waals surface area contributed by atoms with E-state index in [0.717, 1.165) is 15.6 Å². The first-order valence-electron chi connectivity index (χ1n) is 4.52. The van der Waals surface area contributed by atoms with Gasteiger partial charge in [0.25, 0.3) is 0 Å². The molecule has 15 heavy (non-hydrogen) atoms. The highest BCUT2D eigenvalue weighted by atomic mass is 79.9. The normalized spacial score (nSPS) is 11.9. The summed E-state index contributed by atoms with van der Waals surface area (Å²) in [5.74, 6) is 0.320. The van der Waals surface area contributed by atoms with Crippen LogP contribution in [0.15, 0.2) is 10.5 Å². The first-order chi connectivity index (χ1) is 6.79. The molecule has 0 atom stereocenters. The zero-order chi connectivity index (χ0) is 11.8. The Morgan fingerprint density at radius 3 is 2.13 bits per heavy atom. The molecule has 0 nitrogen and oxygen atoms in total. The third-order valence-electron chi connectivity index (χ3n) is 2.19. The van der Waals surface area contributed by atoms with Crippen LogP contribution in [0.1, 0.15) is 31.9 Å². The fourth-order valence-electron chi connectivity index (χ4n) is 1.32. The molecule has 0 amide bonds. The Kier molecular flexibility index (Phi) is 4.39. The molecular formula is C11H12BrCl3. The number of benzene rings is 1. The number of halogens is 4. The molecule has 0 bridgehead atoms. The van der Waals surface area contributed by atoms with Crippen LogP contribution in [0.5, 0.6) is 0 Å². The van der Waals surface area contributed by atoms with Gasteiger partial charge < -0.3 is 0 Å². The fourth-order valence-corrected chi connectivity index (χ4v) is 2.96. The minimum absolute atomic E-state index is 0.0228. The van der Waals surface area contributed by atoms with E-state index in [2.05, 4.69) is 36.7 Å². The van der Waals surface area contributed by atoms with Gasteiger partial charge in [0.05, 0.1) is 15.9 Å². The minimum atomic E-state index is -0.0228. The minimum Gasteiger partial charge on any atom is -0.121 e. The van der Waals surface area contributed by atoms with Crippen molar-refractivity contribution in [2.75, 3.05) is 0 Å². The van der Waals surface area contributed by atoms with Crippen LogP contribution in [-0.2, 0) is 11.3 Å². The highest BCUT2D eigenvalue weighted by Gasteiger charge is 2.22. The molecule has 0 aliphatic rings. The van der Waals surface area contributed by atoms with E-state index in [9.17, 15) is 0 Å². The second-order valence-electron chi connectivity index (χ2n) is 4.40. The lowest BCUT2D eigenvalue weighted by Crippen LogP contribution is -2.13. The summed E-state index contributed by atoms with van der Waals surface area (Å²) in [7, 11) is 0. The van der Waals surface area contributed by atoms with Crippen molar-refractivity contribution in [2.24, 2.45) is 0 Å². The standard InChI is InChI=1S/C11H12BrCl3/c1-11(2,3)7-4-8(12)10(15)6(5-13)9(7)14/h4H,5H2,1-3H3. The van der Waals surface area contributed by atoms with Crippen LogP contribution in [0.2, 0.25) is 10.0 Å². The lowest BCUT2D eigenvalue weighted by Gasteiger charge is -2.23. The molecule has 4 heteroatoms. The summed E-state index contributed by atoms with van der Waals surface area (Å²) in [6.45, 7) is 6.31. The molecule has 0 saturated heterocycles. The maximum atomic E-state index is 6.28. The molecule has 1 rings (SSSR count). The van der Waals surface area contributed by atoms with Crippen molar-refractivity contribution >= 4 is 50.7 Å². The zero-order valence-electron chi connectivity index (χ0n) is 8.80. The second-order valence-corrected chi connectivity index (χ2v) is 6.27. The Hall–Kier alpha value is 0.570. The van der Waals surface area contributed by atoms with Gasteiger partial charge >= 0.3 is 0 Å². The van der Waals surface area contributed by atoms with Crippen molar-refractivity contribution in [3.63, 3.8) is 0 Å². The molecule has 0 saturated carbocycles. The molecule has 1 aromatic rings. The van der Waals surface area contributed by atoms with Crippen molar-refractivity contribution in [1.29, 1.82) is 0 Å². The smallest absolute Gasteiger partial charge is 0.0607 e. The summed E-state index contributed by atoms with van der Waals surface area (Å²) < 4.78 is 0.842. The van der Waals surface area contributed by atoms with Crippen LogP contribution in [0.3, 0.4) is 0 Å². The van der Waals surface area contributed by atoms with Crippen LogP contribution in [0.25, 0.3) is 0 Å². The molecule has 0 fully saturated rings. The van der Waals surface area contributed by atoms with E-state index in [1.54, 1.807) is 0 Å². The van der Waals surface area contributed by atoms with Gasteiger partial charge in [0.15, 0.2) is 0 Å². The Morgan fingerprint density at radius 1 is 1.20 bits per heavy atom. The van der Waals surface area contributed by atoms with Crippen LogP contribution in [0, 0.1) is 0 Å². The molecule has 0 aliphatic heterocycles. The van der Waals surface area contributed by atoms with Crippen molar-refractivity contribution in [3.05, 3.63) is 31.7 Å². The predicted octanol–water partition coefficient (Wildman–Crippen LogP) is 5.79. The van der Waals surface area contributed by atoms with Crippen LogP contribution in [-0.4, -0.2) is 0 Å². The van der Waals surface area contributed by atoms with Gasteiger partial charge in [-0.05, 0) is 33.0 Å². The van der Waals surface area contributed by atoms with Crippen molar-refractivity contribution in [1.82, 2.24) is 0 Å². The zero-order valence-corrected chi connectivity index (χ0v) is 12.7. The molecule has 0 heterocycles. The van der Waals surface area contributed by atoms with Gasteiger partial charge in [0.2, 0.25) is 0 Å². The lowest BCUT2D eigenvalue weighted by atomic mass is 9.86. The Bertz CT molecular complexity index is 380. The van der Waals surface area contributed by atoms with Gasteiger partial charge in [0.1, 0.15) is 0 Å². The van der Waals surface area contributed by atoms with Gasteiger partial charge in [-0.2, -0.15) is 0 Å². The summed E-state index contributed by atoms with van der Waals surface area (Å²) in [4.78, 5) is 0. The Balaban J connectivity index is 3.51. The van der Waals surface area contributed by atoms with E-state index in [0.29, 0.717) is 15.9 Å². The van der Waals surface area contributed by atoms with E-state index in [1.165, 1.54) is 0 Å². The molecule has 0 aliphatic carbocycles. The Morgan fingerprint density at radius 2 is 1.73 bits per heavy atom. The van der Waals surface area contributed by atoms with Gasteiger partial charge in [-0.1, -0.05) is 44.0 Å². The van der Waals surface area contributed by atoms with Gasteiger partial charge in [-0.15, -0.1) is 11.6 Å². The summed E-state index contributed by atoms with van der Waals surface area (Å²) in [5, 5.41) is 1.27. The predicted molar refractivity (Wildman–Crippen MR) is 72.4 cm³/mol. The molecule has 0 aromatic heterocycles. The molecule has 1 aromatic carbocycles. The van der Waals surface area contributed by atoms with Crippen molar-refractivity contribution in [2.45, 2.75) is 32.1 Å². The summed E-state index contributed by atoms with van der Waals surface area (Å²) in [6, 6.07) is 1.96. The van der Waals surface area contributed by atoms with Crippen molar-refractivity contribution in [3.8, 4) is 0 Å². The molecule has 84 valence electrons. The summed E-state index contributed by atoms with van der Waals surface area (Å²) in [6.07, 6.45) is 0. The monoisotopic (exact) mass is 328 g/mol. The first-order valence-corrected chi connectivity index (χ1v) is 6.60. The quantitative estimate of drug-likeness (QED) is 0.451. The largest absolute Gasteiger partial charge is 0.121 e. The maximum absolute atomic E-state index is 6.28. The summed E-state index contributed by atoms with van der Waals surface area (Å²) in [5.41, 5.74) is 1.82. The maximum Gasteiger partial charge on any atom is 0.0607 e. The third-order valence-corrected chi connectivity index (χ3v) is 4.17. The highest BCUT2D eigenvalue weighted by molar-refractivity contribution is 9.10. The van der Waals surface area contributed by atoms with Crippen LogP contribution >= 0.6 is 50.7 Å². The number of rotatable bonds is 1. The van der Waals surface area contributed by atoms with Gasteiger partial charge in [-0.3, -0.25) is 0 Å². The third kappa shape index (κ3) is 2.82. The van der Waals surface area contributed by atoms with E-state index in [4.69, 9.17) is 34.8 Å². The molecule has 0 unspecified atom stereocenters. The second kappa shape index (κ2) is 4.83. The number of hydrogen-bond donors (Lipinski definition) is 0. The topological polar surface area (TPSA) is 0 Å². The van der Waals surface area contributed by atoms with E-state index < -0.39 is 0 Å². The first kappa shape index (κ1) is 13.6. The summed E-state index contributed by atoms with van der Waals surface area (Å²) >= 11 is 21.6. The van der Waals surface area contributed by atoms with E-state index >= 15 is 0 Å². The molecule has 0 spiro atoms. The van der Waals surface area contributed by atoms with Gasteiger partial charge in [0, 0.05) is 10.0 Å².